The first-order valence-corrected chi connectivity index (χ1v) is 9.12. The van der Waals surface area contributed by atoms with E-state index in [1.165, 1.54) is 6.92 Å². The summed E-state index contributed by atoms with van der Waals surface area (Å²) in [6, 6.07) is 3.33. The van der Waals surface area contributed by atoms with Gasteiger partial charge in [-0.3, -0.25) is 4.79 Å². The summed E-state index contributed by atoms with van der Waals surface area (Å²) in [5.74, 6) is 1.67. The molecule has 1 aromatic carbocycles. The summed E-state index contributed by atoms with van der Waals surface area (Å²) in [6.07, 6.45) is 0. The first-order valence-electron chi connectivity index (χ1n) is 8.33. The second-order valence-electron chi connectivity index (χ2n) is 5.77. The number of ketones is 1. The molecule has 3 rings (SSSR count). The lowest BCUT2D eigenvalue weighted by Gasteiger charge is -2.28. The summed E-state index contributed by atoms with van der Waals surface area (Å²) >= 11 is 3.56. The zero-order chi connectivity index (χ0) is 18.8. The number of nitrogens with one attached hydrogen (secondary N) is 1. The number of benzene rings is 1. The van der Waals surface area contributed by atoms with E-state index in [4.69, 9.17) is 9.47 Å². The smallest absolute Gasteiger partial charge is 0.248 e. The molecule has 1 N–H and O–H groups in total. The van der Waals surface area contributed by atoms with Crippen LogP contribution in [0.5, 0.6) is 11.5 Å². The highest BCUT2D eigenvalue weighted by Crippen LogP contribution is 2.42. The third-order valence-electron chi connectivity index (χ3n) is 4.03. The Morgan fingerprint density at radius 1 is 1.31 bits per heavy atom. The van der Waals surface area contributed by atoms with Crippen LogP contribution in [-0.4, -0.2) is 39.2 Å². The number of anilines is 1. The van der Waals surface area contributed by atoms with Gasteiger partial charge in [-0.05, 0) is 71.7 Å². The highest BCUT2D eigenvalue weighted by molar-refractivity contribution is 9.10. The molecule has 1 atom stereocenters. The molecule has 0 radical (unpaired) electrons. The van der Waals surface area contributed by atoms with E-state index in [2.05, 4.69) is 36.8 Å². The molecule has 0 saturated carbocycles. The largest absolute Gasteiger partial charge is 0.490 e. The van der Waals surface area contributed by atoms with Gasteiger partial charge in [0.25, 0.3) is 0 Å². The third kappa shape index (κ3) is 3.18. The number of halogens is 1. The molecular weight excluding hydrogens is 402 g/mol. The second kappa shape index (κ2) is 7.45. The zero-order valence-electron chi connectivity index (χ0n) is 15.0. The number of allylic oxidation sites excluding steroid dienone is 2. The number of tetrazole rings is 1. The Balaban J connectivity index is 2.19. The molecular formula is C17H20BrN5O3. The maximum Gasteiger partial charge on any atom is 0.248 e. The van der Waals surface area contributed by atoms with Crippen molar-refractivity contribution in [2.45, 2.75) is 33.7 Å². The number of hydrogen-bond donors (Lipinski definition) is 1. The SMILES string of the molecule is CCOc1cc(C2C(C(C)=O)=C(C)Nc3nnnn32)cc(Br)c1OCC. The van der Waals surface area contributed by atoms with E-state index in [0.29, 0.717) is 36.2 Å². The summed E-state index contributed by atoms with van der Waals surface area (Å²) in [5, 5.41) is 14.9. The molecule has 26 heavy (non-hydrogen) atoms. The van der Waals surface area contributed by atoms with Crippen LogP contribution in [0, 0.1) is 0 Å². The van der Waals surface area contributed by atoms with Crippen LogP contribution in [0.15, 0.2) is 27.9 Å². The van der Waals surface area contributed by atoms with Crippen LogP contribution < -0.4 is 14.8 Å². The maximum atomic E-state index is 12.3. The van der Waals surface area contributed by atoms with Crippen molar-refractivity contribution >= 4 is 27.7 Å². The molecule has 0 saturated heterocycles. The van der Waals surface area contributed by atoms with E-state index in [1.807, 2.05) is 32.9 Å². The van der Waals surface area contributed by atoms with Crippen LogP contribution in [0.4, 0.5) is 5.95 Å². The van der Waals surface area contributed by atoms with Gasteiger partial charge in [0.15, 0.2) is 17.3 Å². The molecule has 0 amide bonds. The van der Waals surface area contributed by atoms with Gasteiger partial charge in [-0.25, -0.2) is 0 Å². The summed E-state index contributed by atoms with van der Waals surface area (Å²) in [5.41, 5.74) is 2.15. The number of aromatic nitrogens is 4. The fourth-order valence-electron chi connectivity index (χ4n) is 3.07. The number of ether oxygens (including phenoxy) is 2. The Hall–Kier alpha value is -2.42. The van der Waals surface area contributed by atoms with Gasteiger partial charge in [0.05, 0.1) is 17.7 Å². The normalized spacial score (nSPS) is 16.1. The van der Waals surface area contributed by atoms with Crippen molar-refractivity contribution in [3.63, 3.8) is 0 Å². The Labute approximate surface area is 159 Å². The Kier molecular flexibility index (Phi) is 5.26. The molecule has 0 spiro atoms. The number of fused-ring (bicyclic) bond motifs is 1. The van der Waals surface area contributed by atoms with E-state index in [9.17, 15) is 4.79 Å². The molecule has 2 aromatic rings. The van der Waals surface area contributed by atoms with E-state index in [0.717, 1.165) is 15.7 Å². The molecule has 1 unspecified atom stereocenters. The number of rotatable bonds is 6. The van der Waals surface area contributed by atoms with Crippen LogP contribution in [0.2, 0.25) is 0 Å². The van der Waals surface area contributed by atoms with Crippen molar-refractivity contribution in [2.75, 3.05) is 18.5 Å². The Morgan fingerprint density at radius 3 is 2.69 bits per heavy atom. The first-order chi connectivity index (χ1) is 12.5. The monoisotopic (exact) mass is 421 g/mol. The quantitative estimate of drug-likeness (QED) is 0.765. The highest BCUT2D eigenvalue weighted by atomic mass is 79.9. The number of nitrogens with zero attached hydrogens (tertiary/aromatic N) is 4. The van der Waals surface area contributed by atoms with Gasteiger partial charge in [0, 0.05) is 11.3 Å². The molecule has 8 nitrogen and oxygen atoms in total. The average Bonchev–Trinajstić information content (AvgIpc) is 3.04. The van der Waals surface area contributed by atoms with Crippen molar-refractivity contribution in [1.82, 2.24) is 20.2 Å². The van der Waals surface area contributed by atoms with Crippen molar-refractivity contribution in [2.24, 2.45) is 0 Å². The summed E-state index contributed by atoms with van der Waals surface area (Å²) in [6.45, 7) is 8.21. The molecule has 9 heteroatoms. The van der Waals surface area contributed by atoms with Crippen LogP contribution in [-0.2, 0) is 4.79 Å². The molecule has 0 aliphatic carbocycles. The Morgan fingerprint density at radius 2 is 2.04 bits per heavy atom. The molecule has 1 aromatic heterocycles. The lowest BCUT2D eigenvalue weighted by Crippen LogP contribution is -2.28. The lowest BCUT2D eigenvalue weighted by atomic mass is 9.93. The summed E-state index contributed by atoms with van der Waals surface area (Å²) < 4.78 is 13.8. The number of carbonyl (C=O) groups excluding carboxylic acids is 1. The zero-order valence-corrected chi connectivity index (χ0v) is 16.6. The van der Waals surface area contributed by atoms with E-state index < -0.39 is 6.04 Å². The van der Waals surface area contributed by atoms with Crippen molar-refractivity contribution < 1.29 is 14.3 Å². The predicted octanol–water partition coefficient (Wildman–Crippen LogP) is 3.11. The molecule has 1 aliphatic heterocycles. The minimum absolute atomic E-state index is 0.0517. The van der Waals surface area contributed by atoms with E-state index in [1.54, 1.807) is 4.68 Å². The van der Waals surface area contributed by atoms with Gasteiger partial charge in [-0.1, -0.05) is 5.10 Å². The number of carbonyl (C=O) groups is 1. The molecule has 1 aliphatic rings. The van der Waals surface area contributed by atoms with Gasteiger partial charge in [0.1, 0.15) is 6.04 Å². The third-order valence-corrected chi connectivity index (χ3v) is 4.62. The van der Waals surface area contributed by atoms with Crippen molar-refractivity contribution in [3.05, 3.63) is 33.4 Å². The fraction of sp³-hybridized carbons (Fsp3) is 0.412. The first kappa shape index (κ1) is 18.4. The average molecular weight is 422 g/mol. The predicted molar refractivity (Wildman–Crippen MR) is 99.4 cm³/mol. The Bertz CT molecular complexity index is 877. The summed E-state index contributed by atoms with van der Waals surface area (Å²) in [7, 11) is 0. The van der Waals surface area contributed by atoms with Gasteiger partial charge in [0.2, 0.25) is 5.95 Å². The standard InChI is InChI=1S/C17H20BrN5O3/c1-5-25-13-8-11(7-12(18)16(13)26-6-2)15-14(10(4)24)9(3)19-17-20-21-22-23(15)17/h7-8,15H,5-6H2,1-4H3,(H,19,20,22). The number of Topliss-reactive ketones (excluding diaryl/α,β-unsaturated/α-hetero) is 1. The van der Waals surface area contributed by atoms with E-state index in [-0.39, 0.29) is 5.78 Å². The molecule has 2 heterocycles. The van der Waals surface area contributed by atoms with Gasteiger partial charge < -0.3 is 14.8 Å². The van der Waals surface area contributed by atoms with Crippen molar-refractivity contribution in [1.29, 1.82) is 0 Å². The van der Waals surface area contributed by atoms with E-state index >= 15 is 0 Å². The summed E-state index contributed by atoms with van der Waals surface area (Å²) in [4.78, 5) is 12.3. The minimum Gasteiger partial charge on any atom is -0.490 e. The fourth-order valence-corrected chi connectivity index (χ4v) is 3.64. The number of hydrogen-bond acceptors (Lipinski definition) is 7. The highest BCUT2D eigenvalue weighted by Gasteiger charge is 2.33. The molecule has 0 bridgehead atoms. The molecule has 138 valence electrons. The van der Waals surface area contributed by atoms with Gasteiger partial charge in [-0.2, -0.15) is 4.68 Å². The lowest BCUT2D eigenvalue weighted by molar-refractivity contribution is -0.114. The van der Waals surface area contributed by atoms with Gasteiger partial charge in [-0.15, -0.1) is 0 Å². The van der Waals surface area contributed by atoms with Crippen molar-refractivity contribution in [3.8, 4) is 11.5 Å². The molecule has 0 fully saturated rings. The van der Waals surface area contributed by atoms with Crippen LogP contribution in [0.25, 0.3) is 0 Å². The van der Waals surface area contributed by atoms with Gasteiger partial charge >= 0.3 is 0 Å². The minimum atomic E-state index is -0.454. The second-order valence-corrected chi connectivity index (χ2v) is 6.62. The van der Waals surface area contributed by atoms with Crippen LogP contribution >= 0.6 is 15.9 Å². The van der Waals surface area contributed by atoms with Crippen LogP contribution in [0.3, 0.4) is 0 Å². The topological polar surface area (TPSA) is 91.2 Å². The maximum absolute atomic E-state index is 12.3. The van der Waals surface area contributed by atoms with Crippen LogP contribution in [0.1, 0.15) is 39.3 Å².